The SMILES string of the molecule is Cc1cccnc1NC(=O)CCCCCNC(=O)NC1CCCCC1. The van der Waals surface area contributed by atoms with Gasteiger partial charge in [0.2, 0.25) is 5.91 Å². The molecule has 0 unspecified atom stereocenters. The number of carbonyl (C=O) groups is 2. The van der Waals surface area contributed by atoms with Crippen molar-refractivity contribution in [2.75, 3.05) is 11.9 Å². The van der Waals surface area contributed by atoms with E-state index in [9.17, 15) is 9.59 Å². The third kappa shape index (κ3) is 7.54. The highest BCUT2D eigenvalue weighted by molar-refractivity contribution is 5.90. The summed E-state index contributed by atoms with van der Waals surface area (Å²) >= 11 is 0. The largest absolute Gasteiger partial charge is 0.338 e. The molecule has 3 amide bonds. The number of hydrogen-bond donors (Lipinski definition) is 3. The van der Waals surface area contributed by atoms with E-state index in [2.05, 4.69) is 20.9 Å². The van der Waals surface area contributed by atoms with Gasteiger partial charge in [0.25, 0.3) is 0 Å². The molecule has 2 rings (SSSR count). The molecule has 1 heterocycles. The van der Waals surface area contributed by atoms with Gasteiger partial charge in [0.05, 0.1) is 0 Å². The van der Waals surface area contributed by atoms with E-state index < -0.39 is 0 Å². The van der Waals surface area contributed by atoms with Crippen LogP contribution in [0.3, 0.4) is 0 Å². The number of rotatable bonds is 8. The van der Waals surface area contributed by atoms with E-state index in [-0.39, 0.29) is 11.9 Å². The molecule has 0 radical (unpaired) electrons. The monoisotopic (exact) mass is 346 g/mol. The maximum atomic E-state index is 11.9. The molecule has 25 heavy (non-hydrogen) atoms. The van der Waals surface area contributed by atoms with Gasteiger partial charge in [-0.1, -0.05) is 31.7 Å². The summed E-state index contributed by atoms with van der Waals surface area (Å²) in [6.07, 6.45) is 10.7. The summed E-state index contributed by atoms with van der Waals surface area (Å²) in [4.78, 5) is 27.8. The Morgan fingerprint density at radius 2 is 1.96 bits per heavy atom. The van der Waals surface area contributed by atoms with Gasteiger partial charge in [0, 0.05) is 25.2 Å². The molecule has 0 aromatic carbocycles. The lowest BCUT2D eigenvalue weighted by Crippen LogP contribution is -2.43. The highest BCUT2D eigenvalue weighted by atomic mass is 16.2. The Morgan fingerprint density at radius 1 is 1.16 bits per heavy atom. The van der Waals surface area contributed by atoms with Gasteiger partial charge in [-0.05, 0) is 44.2 Å². The first kappa shape index (κ1) is 19.2. The van der Waals surface area contributed by atoms with Gasteiger partial charge in [0.15, 0.2) is 0 Å². The average molecular weight is 346 g/mol. The van der Waals surface area contributed by atoms with E-state index in [0.717, 1.165) is 37.7 Å². The molecule has 1 fully saturated rings. The van der Waals surface area contributed by atoms with Gasteiger partial charge in [-0.2, -0.15) is 0 Å². The minimum absolute atomic E-state index is 0.00944. The molecule has 0 atom stereocenters. The van der Waals surface area contributed by atoms with Crippen LogP contribution in [0.25, 0.3) is 0 Å². The van der Waals surface area contributed by atoms with Crippen LogP contribution in [0.4, 0.5) is 10.6 Å². The molecule has 0 bridgehead atoms. The first-order valence-corrected chi connectivity index (χ1v) is 9.41. The fourth-order valence-corrected chi connectivity index (χ4v) is 3.08. The molecule has 138 valence electrons. The van der Waals surface area contributed by atoms with Crippen molar-refractivity contribution >= 4 is 17.8 Å². The Kier molecular flexibility index (Phi) is 8.22. The van der Waals surface area contributed by atoms with Crippen molar-refractivity contribution in [2.45, 2.75) is 70.8 Å². The number of nitrogens with one attached hydrogen (secondary N) is 3. The summed E-state index contributed by atoms with van der Waals surface area (Å²) in [5, 5.41) is 8.78. The normalized spacial score (nSPS) is 14.8. The molecule has 1 aliphatic carbocycles. The number of hydrogen-bond acceptors (Lipinski definition) is 3. The number of amides is 3. The Labute approximate surface area is 150 Å². The third-order valence-electron chi connectivity index (χ3n) is 4.57. The van der Waals surface area contributed by atoms with E-state index >= 15 is 0 Å². The predicted octanol–water partition coefficient (Wildman–Crippen LogP) is 3.52. The van der Waals surface area contributed by atoms with E-state index in [4.69, 9.17) is 0 Å². The summed E-state index contributed by atoms with van der Waals surface area (Å²) in [6, 6.07) is 4.05. The topological polar surface area (TPSA) is 83.1 Å². The van der Waals surface area contributed by atoms with Crippen molar-refractivity contribution in [3.63, 3.8) is 0 Å². The van der Waals surface area contributed by atoms with Crippen molar-refractivity contribution in [3.8, 4) is 0 Å². The maximum Gasteiger partial charge on any atom is 0.315 e. The number of carbonyl (C=O) groups excluding carboxylic acids is 2. The third-order valence-corrected chi connectivity index (χ3v) is 4.57. The zero-order valence-electron chi connectivity index (χ0n) is 15.1. The molecule has 1 aromatic rings. The Morgan fingerprint density at radius 3 is 2.72 bits per heavy atom. The van der Waals surface area contributed by atoms with Crippen LogP contribution < -0.4 is 16.0 Å². The number of nitrogens with zero attached hydrogens (tertiary/aromatic N) is 1. The minimum atomic E-state index is -0.0599. The lowest BCUT2D eigenvalue weighted by molar-refractivity contribution is -0.116. The maximum absolute atomic E-state index is 11.9. The summed E-state index contributed by atoms with van der Waals surface area (Å²) in [5.41, 5.74) is 0.962. The molecule has 1 aromatic heterocycles. The highest BCUT2D eigenvalue weighted by Crippen LogP contribution is 2.17. The molecule has 6 nitrogen and oxygen atoms in total. The predicted molar refractivity (Wildman–Crippen MR) is 99.5 cm³/mol. The second-order valence-corrected chi connectivity index (χ2v) is 6.76. The summed E-state index contributed by atoms with van der Waals surface area (Å²) in [6.45, 7) is 2.58. The number of aryl methyl sites for hydroxylation is 1. The van der Waals surface area contributed by atoms with Crippen LogP contribution >= 0.6 is 0 Å². The van der Waals surface area contributed by atoms with E-state index in [1.165, 1.54) is 19.3 Å². The lowest BCUT2D eigenvalue weighted by Gasteiger charge is -2.22. The summed E-state index contributed by atoms with van der Waals surface area (Å²) in [5.74, 6) is 0.623. The van der Waals surface area contributed by atoms with Crippen LogP contribution in [0, 0.1) is 6.92 Å². The lowest BCUT2D eigenvalue weighted by atomic mass is 9.96. The van der Waals surface area contributed by atoms with E-state index in [1.54, 1.807) is 6.20 Å². The van der Waals surface area contributed by atoms with Crippen molar-refractivity contribution in [1.82, 2.24) is 15.6 Å². The Bertz CT molecular complexity index is 556. The number of urea groups is 1. The van der Waals surface area contributed by atoms with Crippen LogP contribution in [-0.2, 0) is 4.79 Å². The summed E-state index contributed by atoms with van der Waals surface area (Å²) in [7, 11) is 0. The minimum Gasteiger partial charge on any atom is -0.338 e. The second kappa shape index (κ2) is 10.7. The molecule has 6 heteroatoms. The molecular formula is C19H30N4O2. The van der Waals surface area contributed by atoms with Crippen LogP contribution in [0.2, 0.25) is 0 Å². The molecule has 0 aliphatic heterocycles. The first-order valence-electron chi connectivity index (χ1n) is 9.41. The van der Waals surface area contributed by atoms with E-state index in [0.29, 0.717) is 24.8 Å². The van der Waals surface area contributed by atoms with Crippen LogP contribution in [0.15, 0.2) is 18.3 Å². The van der Waals surface area contributed by atoms with Gasteiger partial charge >= 0.3 is 6.03 Å². The van der Waals surface area contributed by atoms with Crippen LogP contribution in [0.5, 0.6) is 0 Å². The smallest absolute Gasteiger partial charge is 0.315 e. The number of anilines is 1. The van der Waals surface area contributed by atoms with Crippen molar-refractivity contribution < 1.29 is 9.59 Å². The zero-order valence-corrected chi connectivity index (χ0v) is 15.1. The average Bonchev–Trinajstić information content (AvgIpc) is 2.61. The fourth-order valence-electron chi connectivity index (χ4n) is 3.08. The molecule has 1 aliphatic rings. The van der Waals surface area contributed by atoms with Crippen molar-refractivity contribution in [1.29, 1.82) is 0 Å². The molecule has 1 saturated carbocycles. The number of unbranched alkanes of at least 4 members (excludes halogenated alkanes) is 2. The van der Waals surface area contributed by atoms with Crippen molar-refractivity contribution in [2.24, 2.45) is 0 Å². The Hall–Kier alpha value is -2.11. The number of aromatic nitrogens is 1. The fraction of sp³-hybridized carbons (Fsp3) is 0.632. The van der Waals surface area contributed by atoms with E-state index in [1.807, 2.05) is 19.1 Å². The Balaban J connectivity index is 1.49. The van der Waals surface area contributed by atoms with Gasteiger partial charge in [-0.15, -0.1) is 0 Å². The standard InChI is InChI=1S/C19H30N4O2/c1-15-9-8-14-20-18(15)23-17(24)12-6-3-7-13-21-19(25)22-16-10-4-2-5-11-16/h8-9,14,16H,2-7,10-13H2,1H3,(H,20,23,24)(H2,21,22,25). The number of pyridine rings is 1. The van der Waals surface area contributed by atoms with Crippen LogP contribution in [0.1, 0.15) is 63.4 Å². The molecule has 0 spiro atoms. The quantitative estimate of drug-likeness (QED) is 0.630. The zero-order chi connectivity index (χ0) is 17.9. The van der Waals surface area contributed by atoms with Gasteiger partial charge in [-0.3, -0.25) is 4.79 Å². The second-order valence-electron chi connectivity index (χ2n) is 6.76. The molecular weight excluding hydrogens is 316 g/mol. The molecule has 3 N–H and O–H groups in total. The summed E-state index contributed by atoms with van der Waals surface area (Å²) < 4.78 is 0. The van der Waals surface area contributed by atoms with Gasteiger partial charge in [-0.25, -0.2) is 9.78 Å². The van der Waals surface area contributed by atoms with Gasteiger partial charge < -0.3 is 16.0 Å². The van der Waals surface area contributed by atoms with Crippen molar-refractivity contribution in [3.05, 3.63) is 23.9 Å². The highest BCUT2D eigenvalue weighted by Gasteiger charge is 2.15. The van der Waals surface area contributed by atoms with Crippen LogP contribution in [-0.4, -0.2) is 29.5 Å². The van der Waals surface area contributed by atoms with Gasteiger partial charge in [0.1, 0.15) is 5.82 Å². The molecule has 0 saturated heterocycles. The first-order chi connectivity index (χ1) is 12.1.